The van der Waals surface area contributed by atoms with Crippen molar-refractivity contribution in [3.8, 4) is 11.5 Å². The average Bonchev–Trinajstić information content (AvgIpc) is 2.82. The summed E-state index contributed by atoms with van der Waals surface area (Å²) in [6.07, 6.45) is 0.248. The zero-order chi connectivity index (χ0) is 22.3. The van der Waals surface area contributed by atoms with E-state index >= 15 is 0 Å². The van der Waals surface area contributed by atoms with Crippen molar-refractivity contribution in [3.05, 3.63) is 83.9 Å². The molecule has 6 heteroatoms. The molecule has 0 fully saturated rings. The zero-order valence-electron chi connectivity index (χ0n) is 18.4. The Morgan fingerprint density at radius 2 is 1.88 bits per heavy atom. The van der Waals surface area contributed by atoms with Crippen LogP contribution in [0.15, 0.2) is 72.8 Å². The van der Waals surface area contributed by atoms with Gasteiger partial charge >= 0.3 is 5.97 Å². The maximum absolute atomic E-state index is 11.5. The van der Waals surface area contributed by atoms with Gasteiger partial charge in [-0.3, -0.25) is 4.79 Å². The predicted molar refractivity (Wildman–Crippen MR) is 126 cm³/mol. The van der Waals surface area contributed by atoms with Gasteiger partial charge in [-0.15, -0.1) is 0 Å². The summed E-state index contributed by atoms with van der Waals surface area (Å²) in [5.74, 6) is 1.47. The number of ether oxygens (including phenoxy) is 3. The van der Waals surface area contributed by atoms with E-state index in [1.165, 1.54) is 7.11 Å². The number of anilines is 2. The fourth-order valence-electron chi connectivity index (χ4n) is 3.71. The van der Waals surface area contributed by atoms with E-state index in [0.29, 0.717) is 13.2 Å². The molecule has 0 aliphatic carbocycles. The van der Waals surface area contributed by atoms with Gasteiger partial charge < -0.3 is 24.4 Å². The third kappa shape index (κ3) is 5.52. The lowest BCUT2D eigenvalue weighted by Crippen LogP contribution is -2.41. The minimum absolute atomic E-state index is 0.0199. The number of carbonyl (C=O) groups is 1. The molecule has 1 N–H and O–H groups in total. The van der Waals surface area contributed by atoms with E-state index in [4.69, 9.17) is 14.2 Å². The number of fused-ring (bicyclic) bond motifs is 1. The summed E-state index contributed by atoms with van der Waals surface area (Å²) >= 11 is 0. The number of nitrogens with one attached hydrogen (secondary N) is 1. The van der Waals surface area contributed by atoms with Crippen LogP contribution in [-0.4, -0.2) is 39.4 Å². The second kappa shape index (κ2) is 10.1. The standard InChI is InChI=1S/C26H28N2O4/c1-28-17-23(32-25-9-4-3-8-24(25)28)18-31-22-12-10-19(11-13-22)16-27-21-7-5-6-20(14-21)15-26(29)30-2/h3-14,23,27H,15-18H2,1-2H3/t23-/m0/s1. The van der Waals surface area contributed by atoms with Crippen LogP contribution in [0, 0.1) is 0 Å². The van der Waals surface area contributed by atoms with E-state index in [0.717, 1.165) is 40.5 Å². The van der Waals surface area contributed by atoms with Crippen molar-refractivity contribution in [2.75, 3.05) is 37.5 Å². The highest BCUT2D eigenvalue weighted by Gasteiger charge is 2.23. The first-order valence-electron chi connectivity index (χ1n) is 10.7. The molecule has 166 valence electrons. The summed E-state index contributed by atoms with van der Waals surface area (Å²) < 4.78 is 16.8. The van der Waals surface area contributed by atoms with Crippen molar-refractivity contribution in [2.45, 2.75) is 19.1 Å². The van der Waals surface area contributed by atoms with Gasteiger partial charge in [0, 0.05) is 19.3 Å². The van der Waals surface area contributed by atoms with Crippen LogP contribution >= 0.6 is 0 Å². The summed E-state index contributed by atoms with van der Waals surface area (Å²) in [6.45, 7) is 1.95. The van der Waals surface area contributed by atoms with E-state index in [-0.39, 0.29) is 18.5 Å². The summed E-state index contributed by atoms with van der Waals surface area (Å²) in [4.78, 5) is 13.7. The van der Waals surface area contributed by atoms with Crippen molar-refractivity contribution in [1.29, 1.82) is 0 Å². The molecule has 32 heavy (non-hydrogen) atoms. The molecular weight excluding hydrogens is 404 g/mol. The number of para-hydroxylation sites is 2. The van der Waals surface area contributed by atoms with Crippen LogP contribution in [0.4, 0.5) is 11.4 Å². The van der Waals surface area contributed by atoms with E-state index < -0.39 is 0 Å². The first kappa shape index (κ1) is 21.6. The Balaban J connectivity index is 1.27. The Kier molecular flexibility index (Phi) is 6.80. The van der Waals surface area contributed by atoms with Crippen LogP contribution in [0.3, 0.4) is 0 Å². The molecule has 6 nitrogen and oxygen atoms in total. The van der Waals surface area contributed by atoms with Crippen molar-refractivity contribution >= 4 is 17.3 Å². The lowest BCUT2D eigenvalue weighted by atomic mass is 10.1. The number of carbonyl (C=O) groups excluding carboxylic acids is 1. The number of nitrogens with zero attached hydrogens (tertiary/aromatic N) is 1. The van der Waals surface area contributed by atoms with Crippen molar-refractivity contribution in [3.63, 3.8) is 0 Å². The third-order valence-electron chi connectivity index (χ3n) is 5.41. The number of benzene rings is 3. The third-order valence-corrected chi connectivity index (χ3v) is 5.41. The van der Waals surface area contributed by atoms with Gasteiger partial charge in [0.15, 0.2) is 0 Å². The normalized spacial score (nSPS) is 14.8. The number of methoxy groups -OCH3 is 1. The van der Waals surface area contributed by atoms with Gasteiger partial charge in [-0.2, -0.15) is 0 Å². The molecule has 0 unspecified atom stereocenters. The molecule has 0 amide bonds. The van der Waals surface area contributed by atoms with Gasteiger partial charge in [-0.05, 0) is 47.5 Å². The van der Waals surface area contributed by atoms with Gasteiger partial charge in [0.05, 0.1) is 25.8 Å². The maximum Gasteiger partial charge on any atom is 0.309 e. The van der Waals surface area contributed by atoms with Crippen LogP contribution in [0.2, 0.25) is 0 Å². The Morgan fingerprint density at radius 3 is 2.69 bits per heavy atom. The molecule has 0 saturated carbocycles. The first-order valence-corrected chi connectivity index (χ1v) is 10.7. The van der Waals surface area contributed by atoms with Gasteiger partial charge in [0.25, 0.3) is 0 Å². The van der Waals surface area contributed by atoms with E-state index in [1.807, 2.05) is 66.7 Å². The molecule has 1 aliphatic heterocycles. The van der Waals surface area contributed by atoms with Crippen molar-refractivity contribution in [2.24, 2.45) is 0 Å². The highest BCUT2D eigenvalue weighted by molar-refractivity contribution is 5.72. The number of hydrogen-bond donors (Lipinski definition) is 1. The van der Waals surface area contributed by atoms with Crippen molar-refractivity contribution in [1.82, 2.24) is 0 Å². The largest absolute Gasteiger partial charge is 0.490 e. The second-order valence-electron chi connectivity index (χ2n) is 7.85. The fraction of sp³-hybridized carbons (Fsp3) is 0.269. The first-order chi connectivity index (χ1) is 15.6. The van der Waals surface area contributed by atoms with Crippen molar-refractivity contribution < 1.29 is 19.0 Å². The lowest BCUT2D eigenvalue weighted by molar-refractivity contribution is -0.139. The minimum Gasteiger partial charge on any atom is -0.490 e. The maximum atomic E-state index is 11.5. The molecule has 1 heterocycles. The highest BCUT2D eigenvalue weighted by atomic mass is 16.5. The Hall–Kier alpha value is -3.67. The molecule has 3 aromatic rings. The number of rotatable bonds is 8. The molecular formula is C26H28N2O4. The van der Waals surface area contributed by atoms with Crippen LogP contribution < -0.4 is 19.7 Å². The molecule has 0 bridgehead atoms. The van der Waals surface area contributed by atoms with Crippen LogP contribution in [0.1, 0.15) is 11.1 Å². The SMILES string of the molecule is COC(=O)Cc1cccc(NCc2ccc(OC[C@@H]3CN(C)c4ccccc4O3)cc2)c1. The average molecular weight is 433 g/mol. The van der Waals surface area contributed by atoms with E-state index in [9.17, 15) is 4.79 Å². The summed E-state index contributed by atoms with van der Waals surface area (Å²) in [5.41, 5.74) is 4.13. The van der Waals surface area contributed by atoms with Gasteiger partial charge in [0.2, 0.25) is 0 Å². The summed E-state index contributed by atoms with van der Waals surface area (Å²) in [5, 5.41) is 3.39. The quantitative estimate of drug-likeness (QED) is 0.536. The van der Waals surface area contributed by atoms with E-state index in [2.05, 4.69) is 23.3 Å². The molecule has 1 aliphatic rings. The molecule has 1 atom stereocenters. The lowest BCUT2D eigenvalue weighted by Gasteiger charge is -2.33. The fourth-order valence-corrected chi connectivity index (χ4v) is 3.71. The Morgan fingerprint density at radius 1 is 1.06 bits per heavy atom. The number of likely N-dealkylation sites (N-methyl/N-ethyl adjacent to an activating group) is 1. The smallest absolute Gasteiger partial charge is 0.309 e. The van der Waals surface area contributed by atoms with Gasteiger partial charge in [-0.25, -0.2) is 0 Å². The van der Waals surface area contributed by atoms with Crippen LogP contribution in [0.5, 0.6) is 11.5 Å². The second-order valence-corrected chi connectivity index (χ2v) is 7.85. The van der Waals surface area contributed by atoms with Gasteiger partial charge in [-0.1, -0.05) is 36.4 Å². The monoisotopic (exact) mass is 432 g/mol. The molecule has 0 aromatic heterocycles. The Labute approximate surface area is 188 Å². The van der Waals surface area contributed by atoms with Crippen LogP contribution in [-0.2, 0) is 22.5 Å². The van der Waals surface area contributed by atoms with E-state index in [1.54, 1.807) is 0 Å². The summed E-state index contributed by atoms with van der Waals surface area (Å²) in [7, 11) is 3.47. The highest BCUT2D eigenvalue weighted by Crippen LogP contribution is 2.32. The van der Waals surface area contributed by atoms with Crippen LogP contribution in [0.25, 0.3) is 0 Å². The Bertz CT molecular complexity index is 1050. The predicted octanol–water partition coefficient (Wildman–Crippen LogP) is 4.29. The number of esters is 1. The zero-order valence-corrected chi connectivity index (χ0v) is 18.4. The number of hydrogen-bond acceptors (Lipinski definition) is 6. The minimum atomic E-state index is -0.243. The molecule has 0 radical (unpaired) electrons. The molecule has 0 saturated heterocycles. The summed E-state index contributed by atoms with van der Waals surface area (Å²) in [6, 6.07) is 23.9. The van der Waals surface area contributed by atoms with Gasteiger partial charge in [0.1, 0.15) is 24.2 Å². The molecule has 3 aromatic carbocycles. The molecule has 0 spiro atoms. The molecule has 4 rings (SSSR count). The topological polar surface area (TPSA) is 60.0 Å².